The standard InChI is InChI=1S/C12H24N2O2S/c1-13-9-5-3-4-7-12-8-6-10-14(11-12)17(2,15)16/h3-4,12-13H,5-11H2,1-2H3. The zero-order valence-electron chi connectivity index (χ0n) is 10.9. The van der Waals surface area contributed by atoms with Gasteiger partial charge in [-0.2, -0.15) is 0 Å². The average Bonchev–Trinajstić information content (AvgIpc) is 2.28. The molecule has 5 heteroatoms. The van der Waals surface area contributed by atoms with Gasteiger partial charge in [-0.1, -0.05) is 12.2 Å². The van der Waals surface area contributed by atoms with Crippen LogP contribution in [0.2, 0.25) is 0 Å². The Morgan fingerprint density at radius 3 is 2.82 bits per heavy atom. The molecule has 1 heterocycles. The van der Waals surface area contributed by atoms with Crippen LogP contribution in [-0.4, -0.2) is 45.7 Å². The van der Waals surface area contributed by atoms with Gasteiger partial charge >= 0.3 is 0 Å². The highest BCUT2D eigenvalue weighted by atomic mass is 32.2. The zero-order chi connectivity index (χ0) is 12.7. The Labute approximate surface area is 105 Å². The number of sulfonamides is 1. The maximum absolute atomic E-state index is 11.4. The van der Waals surface area contributed by atoms with Gasteiger partial charge in [-0.3, -0.25) is 0 Å². The van der Waals surface area contributed by atoms with Crippen molar-refractivity contribution in [1.82, 2.24) is 9.62 Å². The molecule has 0 aliphatic carbocycles. The number of allylic oxidation sites excluding steroid dienone is 1. The summed E-state index contributed by atoms with van der Waals surface area (Å²) in [6.07, 6.45) is 9.83. The van der Waals surface area contributed by atoms with Crippen molar-refractivity contribution in [3.8, 4) is 0 Å². The van der Waals surface area contributed by atoms with Crippen molar-refractivity contribution in [2.24, 2.45) is 5.92 Å². The van der Waals surface area contributed by atoms with E-state index in [9.17, 15) is 8.42 Å². The van der Waals surface area contributed by atoms with Crippen molar-refractivity contribution in [2.75, 3.05) is 32.9 Å². The second kappa shape index (κ2) is 7.13. The molecule has 1 aliphatic heterocycles. The van der Waals surface area contributed by atoms with Crippen LogP contribution >= 0.6 is 0 Å². The van der Waals surface area contributed by atoms with E-state index in [-0.39, 0.29) is 0 Å². The molecule has 0 bridgehead atoms. The molecule has 0 aromatic carbocycles. The molecule has 1 N–H and O–H groups in total. The van der Waals surface area contributed by atoms with Crippen molar-refractivity contribution >= 4 is 10.0 Å². The molecular formula is C12H24N2O2S. The second-order valence-electron chi connectivity index (χ2n) is 4.73. The van der Waals surface area contributed by atoms with Crippen LogP contribution in [-0.2, 0) is 10.0 Å². The quantitative estimate of drug-likeness (QED) is 0.577. The number of hydrogen-bond acceptors (Lipinski definition) is 3. The Morgan fingerprint density at radius 2 is 2.18 bits per heavy atom. The molecule has 0 amide bonds. The first kappa shape index (κ1) is 14.7. The maximum atomic E-state index is 11.4. The van der Waals surface area contributed by atoms with Crippen LogP contribution in [0.3, 0.4) is 0 Å². The predicted molar refractivity (Wildman–Crippen MR) is 71.4 cm³/mol. The summed E-state index contributed by atoms with van der Waals surface area (Å²) >= 11 is 0. The molecule has 0 aromatic rings. The molecule has 1 atom stereocenters. The highest BCUT2D eigenvalue weighted by Gasteiger charge is 2.24. The molecule has 1 rings (SSSR count). The van der Waals surface area contributed by atoms with E-state index in [1.54, 1.807) is 4.31 Å². The molecule has 1 saturated heterocycles. The van der Waals surface area contributed by atoms with Crippen molar-refractivity contribution in [1.29, 1.82) is 0 Å². The molecule has 1 aliphatic rings. The summed E-state index contributed by atoms with van der Waals surface area (Å²) in [6, 6.07) is 0. The van der Waals surface area contributed by atoms with Crippen molar-refractivity contribution in [3.63, 3.8) is 0 Å². The first-order chi connectivity index (χ1) is 8.04. The summed E-state index contributed by atoms with van der Waals surface area (Å²) in [5, 5.41) is 3.09. The predicted octanol–water partition coefficient (Wildman–Crippen LogP) is 1.21. The summed E-state index contributed by atoms with van der Waals surface area (Å²) < 4.78 is 24.5. The van der Waals surface area contributed by atoms with Crippen LogP contribution in [0.25, 0.3) is 0 Å². The van der Waals surface area contributed by atoms with Gasteiger partial charge < -0.3 is 5.32 Å². The number of rotatable bonds is 6. The highest BCUT2D eigenvalue weighted by molar-refractivity contribution is 7.88. The molecule has 0 spiro atoms. The highest BCUT2D eigenvalue weighted by Crippen LogP contribution is 2.21. The van der Waals surface area contributed by atoms with Gasteiger partial charge in [0.25, 0.3) is 0 Å². The van der Waals surface area contributed by atoms with Crippen molar-refractivity contribution in [3.05, 3.63) is 12.2 Å². The lowest BCUT2D eigenvalue weighted by atomic mass is 9.96. The van der Waals surface area contributed by atoms with Gasteiger partial charge in [-0.15, -0.1) is 0 Å². The lowest BCUT2D eigenvalue weighted by Gasteiger charge is -2.30. The maximum Gasteiger partial charge on any atom is 0.211 e. The molecular weight excluding hydrogens is 236 g/mol. The van der Waals surface area contributed by atoms with Gasteiger partial charge in [0, 0.05) is 13.1 Å². The average molecular weight is 260 g/mol. The lowest BCUT2D eigenvalue weighted by molar-refractivity contribution is 0.269. The van der Waals surface area contributed by atoms with Gasteiger partial charge in [0.1, 0.15) is 0 Å². The molecule has 1 fully saturated rings. The van der Waals surface area contributed by atoms with Crippen LogP contribution in [0, 0.1) is 5.92 Å². The van der Waals surface area contributed by atoms with E-state index < -0.39 is 10.0 Å². The Bertz CT molecular complexity index is 338. The minimum Gasteiger partial charge on any atom is -0.319 e. The number of piperidine rings is 1. The second-order valence-corrected chi connectivity index (χ2v) is 6.71. The van der Waals surface area contributed by atoms with E-state index in [0.717, 1.165) is 32.2 Å². The fraction of sp³-hybridized carbons (Fsp3) is 0.833. The molecule has 1 unspecified atom stereocenters. The van der Waals surface area contributed by atoms with Gasteiger partial charge in [-0.05, 0) is 45.2 Å². The van der Waals surface area contributed by atoms with Crippen LogP contribution in [0.5, 0.6) is 0 Å². The number of hydrogen-bond donors (Lipinski definition) is 1. The first-order valence-electron chi connectivity index (χ1n) is 6.28. The normalized spacial score (nSPS) is 23.3. The third kappa shape index (κ3) is 5.66. The third-order valence-corrected chi connectivity index (χ3v) is 4.42. The minimum atomic E-state index is -3.00. The van der Waals surface area contributed by atoms with Crippen LogP contribution in [0.15, 0.2) is 12.2 Å². The minimum absolute atomic E-state index is 0.490. The summed E-state index contributed by atoms with van der Waals surface area (Å²) in [5.74, 6) is 0.490. The number of nitrogens with zero attached hydrogens (tertiary/aromatic N) is 1. The van der Waals surface area contributed by atoms with E-state index in [2.05, 4.69) is 17.5 Å². The Kier molecular flexibility index (Phi) is 6.16. The molecule has 0 aromatic heterocycles. The van der Waals surface area contributed by atoms with Gasteiger partial charge in [0.05, 0.1) is 6.26 Å². The molecule has 17 heavy (non-hydrogen) atoms. The van der Waals surface area contributed by atoms with Crippen LogP contribution < -0.4 is 5.32 Å². The summed E-state index contributed by atoms with van der Waals surface area (Å²) in [7, 11) is -1.06. The Hall–Kier alpha value is -0.390. The van der Waals surface area contributed by atoms with Crippen molar-refractivity contribution < 1.29 is 8.42 Å². The van der Waals surface area contributed by atoms with E-state index in [4.69, 9.17) is 0 Å². The molecule has 4 nitrogen and oxygen atoms in total. The fourth-order valence-corrected chi connectivity index (χ4v) is 3.10. The SMILES string of the molecule is CNCCC=CCC1CCCN(S(C)(=O)=O)C1. The number of nitrogens with one attached hydrogen (secondary N) is 1. The van der Waals surface area contributed by atoms with E-state index in [0.29, 0.717) is 19.0 Å². The lowest BCUT2D eigenvalue weighted by Crippen LogP contribution is -2.39. The molecule has 0 saturated carbocycles. The largest absolute Gasteiger partial charge is 0.319 e. The van der Waals surface area contributed by atoms with Gasteiger partial charge in [0.2, 0.25) is 10.0 Å². The molecule has 0 radical (unpaired) electrons. The monoisotopic (exact) mass is 260 g/mol. The van der Waals surface area contributed by atoms with Crippen LogP contribution in [0.4, 0.5) is 0 Å². The Morgan fingerprint density at radius 1 is 1.41 bits per heavy atom. The smallest absolute Gasteiger partial charge is 0.211 e. The van der Waals surface area contributed by atoms with E-state index >= 15 is 0 Å². The van der Waals surface area contributed by atoms with Crippen molar-refractivity contribution in [2.45, 2.75) is 25.7 Å². The summed E-state index contributed by atoms with van der Waals surface area (Å²) in [4.78, 5) is 0. The fourth-order valence-electron chi connectivity index (χ4n) is 2.15. The van der Waals surface area contributed by atoms with Gasteiger partial charge in [-0.25, -0.2) is 12.7 Å². The van der Waals surface area contributed by atoms with E-state index in [1.807, 2.05) is 7.05 Å². The summed E-state index contributed by atoms with van der Waals surface area (Å²) in [5.41, 5.74) is 0. The third-order valence-electron chi connectivity index (χ3n) is 3.15. The topological polar surface area (TPSA) is 49.4 Å². The Balaban J connectivity index is 2.32. The van der Waals surface area contributed by atoms with Crippen LogP contribution in [0.1, 0.15) is 25.7 Å². The zero-order valence-corrected chi connectivity index (χ0v) is 11.7. The summed E-state index contributed by atoms with van der Waals surface area (Å²) in [6.45, 7) is 2.38. The van der Waals surface area contributed by atoms with E-state index in [1.165, 1.54) is 6.26 Å². The van der Waals surface area contributed by atoms with Gasteiger partial charge in [0.15, 0.2) is 0 Å². The molecule has 100 valence electrons. The first-order valence-corrected chi connectivity index (χ1v) is 8.13.